The van der Waals surface area contributed by atoms with Crippen molar-refractivity contribution in [1.82, 2.24) is 4.90 Å². The number of piperidine rings is 1. The van der Waals surface area contributed by atoms with E-state index in [4.69, 9.17) is 14.2 Å². The zero-order valence-electron chi connectivity index (χ0n) is 17.1. The minimum Gasteiger partial charge on any atom is -0.497 e. The van der Waals surface area contributed by atoms with Gasteiger partial charge in [0.1, 0.15) is 5.75 Å². The lowest BCUT2D eigenvalue weighted by Gasteiger charge is -2.41. The van der Waals surface area contributed by atoms with Crippen molar-refractivity contribution in [1.29, 1.82) is 0 Å². The standard InChI is InChI=1S/C24H25NO4/c1-27-15-7-8-16-17(11-15)18-12-21(28-2)22(29-3)13-20(18)23-19(16)10-14-6-4-5-9-25(14)24(23)26/h7-8,11-14H,4-6,9-10H2,1-3H3. The molecule has 29 heavy (non-hydrogen) atoms. The van der Waals surface area contributed by atoms with Crippen LogP contribution in [0.5, 0.6) is 17.2 Å². The summed E-state index contributed by atoms with van der Waals surface area (Å²) < 4.78 is 16.6. The number of nitrogens with zero attached hydrogens (tertiary/aromatic N) is 1. The monoisotopic (exact) mass is 391 g/mol. The molecule has 5 heteroatoms. The first-order chi connectivity index (χ1) is 14.2. The first-order valence-electron chi connectivity index (χ1n) is 10.2. The van der Waals surface area contributed by atoms with Gasteiger partial charge in [0.15, 0.2) is 11.5 Å². The molecule has 2 aliphatic heterocycles. The van der Waals surface area contributed by atoms with Crippen molar-refractivity contribution >= 4 is 27.5 Å². The highest BCUT2D eigenvalue weighted by molar-refractivity contribution is 6.20. The number of rotatable bonds is 3. The molecule has 0 aliphatic carbocycles. The van der Waals surface area contributed by atoms with E-state index in [0.717, 1.165) is 64.2 Å². The van der Waals surface area contributed by atoms with Crippen LogP contribution < -0.4 is 14.2 Å². The number of methoxy groups -OCH3 is 3. The van der Waals surface area contributed by atoms with Crippen LogP contribution >= 0.6 is 0 Å². The van der Waals surface area contributed by atoms with E-state index in [9.17, 15) is 4.79 Å². The van der Waals surface area contributed by atoms with E-state index >= 15 is 0 Å². The molecule has 0 bridgehead atoms. The second kappa shape index (κ2) is 6.83. The second-order valence-electron chi connectivity index (χ2n) is 7.87. The highest BCUT2D eigenvalue weighted by atomic mass is 16.5. The van der Waals surface area contributed by atoms with Gasteiger partial charge in [-0.25, -0.2) is 0 Å². The second-order valence-corrected chi connectivity index (χ2v) is 7.87. The Balaban J connectivity index is 1.90. The fourth-order valence-electron chi connectivity index (χ4n) is 5.06. The fourth-order valence-corrected chi connectivity index (χ4v) is 5.06. The molecule has 1 unspecified atom stereocenters. The summed E-state index contributed by atoms with van der Waals surface area (Å²) in [5.41, 5.74) is 1.97. The van der Waals surface area contributed by atoms with Crippen molar-refractivity contribution in [3.63, 3.8) is 0 Å². The molecular weight excluding hydrogens is 366 g/mol. The zero-order chi connectivity index (χ0) is 20.1. The fraction of sp³-hybridized carbons (Fsp3) is 0.375. The molecule has 0 spiro atoms. The third-order valence-corrected chi connectivity index (χ3v) is 6.48. The Morgan fingerprint density at radius 2 is 1.59 bits per heavy atom. The van der Waals surface area contributed by atoms with E-state index < -0.39 is 0 Å². The van der Waals surface area contributed by atoms with Crippen LogP contribution in [-0.4, -0.2) is 44.7 Å². The van der Waals surface area contributed by atoms with E-state index in [2.05, 4.69) is 17.0 Å². The number of fused-ring (bicyclic) bond motifs is 7. The first-order valence-corrected chi connectivity index (χ1v) is 10.2. The summed E-state index contributed by atoms with van der Waals surface area (Å²) in [7, 11) is 4.94. The van der Waals surface area contributed by atoms with Crippen molar-refractivity contribution in [2.75, 3.05) is 27.9 Å². The van der Waals surface area contributed by atoms with Crippen LogP contribution in [0.1, 0.15) is 35.2 Å². The molecule has 1 saturated heterocycles. The number of ether oxygens (including phenoxy) is 3. The van der Waals surface area contributed by atoms with E-state index in [1.807, 2.05) is 18.2 Å². The van der Waals surface area contributed by atoms with Gasteiger partial charge >= 0.3 is 0 Å². The maximum Gasteiger partial charge on any atom is 0.255 e. The van der Waals surface area contributed by atoms with Gasteiger partial charge in [0, 0.05) is 12.6 Å². The highest BCUT2D eigenvalue weighted by Gasteiger charge is 2.36. The molecule has 1 fully saturated rings. The van der Waals surface area contributed by atoms with Gasteiger partial charge in [0.2, 0.25) is 0 Å². The number of hydrogen-bond acceptors (Lipinski definition) is 4. The number of hydrogen-bond donors (Lipinski definition) is 0. The molecule has 5 nitrogen and oxygen atoms in total. The third kappa shape index (κ3) is 2.64. The maximum absolute atomic E-state index is 13.6. The van der Waals surface area contributed by atoms with Gasteiger partial charge in [0.05, 0.1) is 26.9 Å². The van der Waals surface area contributed by atoms with E-state index in [1.54, 1.807) is 21.3 Å². The van der Waals surface area contributed by atoms with E-state index in [-0.39, 0.29) is 5.91 Å². The van der Waals surface area contributed by atoms with Crippen LogP contribution in [0, 0.1) is 0 Å². The third-order valence-electron chi connectivity index (χ3n) is 6.48. The lowest BCUT2D eigenvalue weighted by atomic mass is 9.82. The number of amides is 1. The molecule has 150 valence electrons. The van der Waals surface area contributed by atoms with E-state index in [0.29, 0.717) is 17.5 Å². The molecule has 0 radical (unpaired) electrons. The summed E-state index contributed by atoms with van der Waals surface area (Å²) in [6.07, 6.45) is 4.24. The average molecular weight is 391 g/mol. The van der Waals surface area contributed by atoms with Crippen LogP contribution in [0.4, 0.5) is 0 Å². The van der Waals surface area contributed by atoms with Gasteiger partial charge < -0.3 is 19.1 Å². The van der Waals surface area contributed by atoms with Crippen LogP contribution in [0.2, 0.25) is 0 Å². The van der Waals surface area contributed by atoms with Crippen LogP contribution in [0.15, 0.2) is 30.3 Å². The Hall–Kier alpha value is -2.95. The predicted octanol–water partition coefficient (Wildman–Crippen LogP) is 4.57. The van der Waals surface area contributed by atoms with Gasteiger partial charge in [0.25, 0.3) is 5.91 Å². The molecule has 0 aromatic heterocycles. The quantitative estimate of drug-likeness (QED) is 0.614. The molecule has 2 heterocycles. The smallest absolute Gasteiger partial charge is 0.255 e. The van der Waals surface area contributed by atoms with Crippen molar-refractivity contribution in [2.45, 2.75) is 31.7 Å². The number of carbonyl (C=O) groups excluding carboxylic acids is 1. The van der Waals surface area contributed by atoms with Gasteiger partial charge in [-0.05, 0) is 77.1 Å². The maximum atomic E-state index is 13.6. The number of carbonyl (C=O) groups is 1. The van der Waals surface area contributed by atoms with Crippen molar-refractivity contribution < 1.29 is 19.0 Å². The van der Waals surface area contributed by atoms with Crippen LogP contribution in [-0.2, 0) is 6.42 Å². The molecule has 3 aromatic carbocycles. The lowest BCUT2D eigenvalue weighted by Crippen LogP contribution is -2.48. The summed E-state index contributed by atoms with van der Waals surface area (Å²) in [5.74, 6) is 2.24. The van der Waals surface area contributed by atoms with Gasteiger partial charge in [-0.2, -0.15) is 0 Å². The Morgan fingerprint density at radius 1 is 0.862 bits per heavy atom. The molecular formula is C24H25NO4. The minimum atomic E-state index is 0.144. The molecule has 0 saturated carbocycles. The highest BCUT2D eigenvalue weighted by Crippen LogP contribution is 2.44. The van der Waals surface area contributed by atoms with Crippen molar-refractivity contribution in [3.05, 3.63) is 41.5 Å². The summed E-state index contributed by atoms with van der Waals surface area (Å²) in [6, 6.07) is 10.4. The van der Waals surface area contributed by atoms with Gasteiger partial charge in [-0.1, -0.05) is 6.07 Å². The topological polar surface area (TPSA) is 48.0 Å². The average Bonchev–Trinajstić information content (AvgIpc) is 2.77. The molecule has 5 rings (SSSR count). The molecule has 0 N–H and O–H groups in total. The van der Waals surface area contributed by atoms with Crippen molar-refractivity contribution in [2.24, 2.45) is 0 Å². The predicted molar refractivity (Wildman–Crippen MR) is 113 cm³/mol. The Kier molecular flexibility index (Phi) is 4.26. The lowest BCUT2D eigenvalue weighted by molar-refractivity contribution is 0.0586. The Morgan fingerprint density at radius 3 is 2.31 bits per heavy atom. The summed E-state index contributed by atoms with van der Waals surface area (Å²) in [5, 5.41) is 4.11. The summed E-state index contributed by atoms with van der Waals surface area (Å²) in [6.45, 7) is 0.846. The zero-order valence-corrected chi connectivity index (χ0v) is 17.1. The Bertz CT molecular complexity index is 1140. The van der Waals surface area contributed by atoms with Gasteiger partial charge in [-0.15, -0.1) is 0 Å². The molecule has 3 aromatic rings. The first kappa shape index (κ1) is 18.1. The van der Waals surface area contributed by atoms with Gasteiger partial charge in [-0.3, -0.25) is 4.79 Å². The van der Waals surface area contributed by atoms with Crippen LogP contribution in [0.25, 0.3) is 21.5 Å². The SMILES string of the molecule is COc1ccc2c3c(c4cc(OC)c(OC)cc4c2c1)C(=O)N1CCCCC1C3. The molecule has 2 aliphatic rings. The van der Waals surface area contributed by atoms with Crippen LogP contribution in [0.3, 0.4) is 0 Å². The molecule has 1 amide bonds. The summed E-state index contributed by atoms with van der Waals surface area (Å²) in [4.78, 5) is 15.7. The van der Waals surface area contributed by atoms with E-state index in [1.165, 1.54) is 6.42 Å². The minimum absolute atomic E-state index is 0.144. The Labute approximate surface area is 170 Å². The number of benzene rings is 3. The largest absolute Gasteiger partial charge is 0.497 e. The van der Waals surface area contributed by atoms with Crippen molar-refractivity contribution in [3.8, 4) is 17.2 Å². The normalized spacial score (nSPS) is 18.5. The summed E-state index contributed by atoms with van der Waals surface area (Å²) >= 11 is 0. The molecule has 1 atom stereocenters.